The predicted octanol–water partition coefficient (Wildman–Crippen LogP) is 1.49. The highest BCUT2D eigenvalue weighted by Crippen LogP contribution is 2.28. The molecule has 4 heteroatoms. The molecule has 4 nitrogen and oxygen atoms in total. The molecule has 1 aliphatic carbocycles. The Bertz CT molecular complexity index is 483. The van der Waals surface area contributed by atoms with Crippen molar-refractivity contribution in [2.45, 2.75) is 25.8 Å². The fourth-order valence-electron chi connectivity index (χ4n) is 2.50. The normalized spacial score (nSPS) is 17.6. The number of benzene rings is 1. The second-order valence-corrected chi connectivity index (χ2v) is 5.68. The van der Waals surface area contributed by atoms with E-state index in [1.54, 1.807) is 0 Å². The zero-order valence-corrected chi connectivity index (χ0v) is 11.8. The third kappa shape index (κ3) is 3.58. The van der Waals surface area contributed by atoms with Gasteiger partial charge in [-0.25, -0.2) is 0 Å². The van der Waals surface area contributed by atoms with E-state index in [-0.39, 0.29) is 5.91 Å². The third-order valence-electron chi connectivity index (χ3n) is 3.94. The van der Waals surface area contributed by atoms with Gasteiger partial charge in [0.2, 0.25) is 0 Å². The van der Waals surface area contributed by atoms with E-state index >= 15 is 0 Å². The molecule has 1 aromatic rings. The van der Waals surface area contributed by atoms with Gasteiger partial charge in [0.25, 0.3) is 5.91 Å². The molecule has 1 amide bonds. The van der Waals surface area contributed by atoms with E-state index in [4.69, 9.17) is 4.74 Å². The van der Waals surface area contributed by atoms with E-state index in [0.717, 1.165) is 37.6 Å². The number of carbonyl (C=O) groups is 1. The SMILES string of the molecule is O=C(NCCOCC1CC1)c1ccc2c(c1)CNCC2. The summed E-state index contributed by atoms with van der Waals surface area (Å²) < 4.78 is 5.51. The minimum atomic E-state index is -0.00612. The van der Waals surface area contributed by atoms with Crippen LogP contribution in [0.1, 0.15) is 34.3 Å². The van der Waals surface area contributed by atoms with Crippen LogP contribution in [-0.2, 0) is 17.7 Å². The summed E-state index contributed by atoms with van der Waals surface area (Å²) in [5.74, 6) is 0.771. The Morgan fingerprint density at radius 3 is 3.10 bits per heavy atom. The maximum atomic E-state index is 12.1. The van der Waals surface area contributed by atoms with Crippen molar-refractivity contribution in [1.29, 1.82) is 0 Å². The lowest BCUT2D eigenvalue weighted by Crippen LogP contribution is -2.28. The monoisotopic (exact) mass is 274 g/mol. The van der Waals surface area contributed by atoms with Gasteiger partial charge in [-0.3, -0.25) is 4.79 Å². The molecule has 3 rings (SSSR count). The first kappa shape index (κ1) is 13.6. The molecule has 0 unspecified atom stereocenters. The molecule has 1 heterocycles. The van der Waals surface area contributed by atoms with Crippen molar-refractivity contribution in [3.8, 4) is 0 Å². The molecule has 108 valence electrons. The van der Waals surface area contributed by atoms with E-state index in [0.29, 0.717) is 13.2 Å². The first-order valence-corrected chi connectivity index (χ1v) is 7.51. The molecule has 0 saturated heterocycles. The molecule has 2 N–H and O–H groups in total. The van der Waals surface area contributed by atoms with Crippen LogP contribution in [0, 0.1) is 5.92 Å². The van der Waals surface area contributed by atoms with Crippen molar-refractivity contribution < 1.29 is 9.53 Å². The third-order valence-corrected chi connectivity index (χ3v) is 3.94. The largest absolute Gasteiger partial charge is 0.379 e. The van der Waals surface area contributed by atoms with E-state index in [1.807, 2.05) is 12.1 Å². The molecule has 1 saturated carbocycles. The van der Waals surface area contributed by atoms with E-state index in [1.165, 1.54) is 24.0 Å². The summed E-state index contributed by atoms with van der Waals surface area (Å²) in [5, 5.41) is 6.25. The van der Waals surface area contributed by atoms with Gasteiger partial charge < -0.3 is 15.4 Å². The Labute approximate surface area is 119 Å². The molecule has 2 aliphatic rings. The first-order chi connectivity index (χ1) is 9.83. The summed E-state index contributed by atoms with van der Waals surface area (Å²) in [5.41, 5.74) is 3.34. The van der Waals surface area contributed by atoms with E-state index < -0.39 is 0 Å². The maximum Gasteiger partial charge on any atom is 0.251 e. The summed E-state index contributed by atoms with van der Waals surface area (Å²) in [7, 11) is 0. The smallest absolute Gasteiger partial charge is 0.251 e. The number of hydrogen-bond acceptors (Lipinski definition) is 3. The van der Waals surface area contributed by atoms with E-state index in [9.17, 15) is 4.79 Å². The molecule has 0 bridgehead atoms. The van der Waals surface area contributed by atoms with Gasteiger partial charge in [-0.2, -0.15) is 0 Å². The van der Waals surface area contributed by atoms with Gasteiger partial charge in [-0.1, -0.05) is 6.07 Å². The van der Waals surface area contributed by atoms with Gasteiger partial charge in [0.15, 0.2) is 0 Å². The highest BCUT2D eigenvalue weighted by Gasteiger charge is 2.20. The topological polar surface area (TPSA) is 50.4 Å². The summed E-state index contributed by atoms with van der Waals surface area (Å²) >= 11 is 0. The highest BCUT2D eigenvalue weighted by molar-refractivity contribution is 5.94. The number of ether oxygens (including phenoxy) is 1. The Morgan fingerprint density at radius 2 is 2.25 bits per heavy atom. The Balaban J connectivity index is 1.46. The van der Waals surface area contributed by atoms with Crippen LogP contribution in [0.25, 0.3) is 0 Å². The molecule has 1 aromatic carbocycles. The van der Waals surface area contributed by atoms with E-state index in [2.05, 4.69) is 16.7 Å². The van der Waals surface area contributed by atoms with Crippen LogP contribution in [0.5, 0.6) is 0 Å². The van der Waals surface area contributed by atoms with Crippen LogP contribution >= 0.6 is 0 Å². The van der Waals surface area contributed by atoms with Crippen molar-refractivity contribution in [3.63, 3.8) is 0 Å². The van der Waals surface area contributed by atoms with Gasteiger partial charge in [-0.05, 0) is 55.0 Å². The number of rotatable bonds is 6. The molecule has 20 heavy (non-hydrogen) atoms. The lowest BCUT2D eigenvalue weighted by Gasteiger charge is -2.17. The molecule has 0 spiro atoms. The Hall–Kier alpha value is -1.39. The number of fused-ring (bicyclic) bond motifs is 1. The van der Waals surface area contributed by atoms with Crippen molar-refractivity contribution in [2.24, 2.45) is 5.92 Å². The zero-order valence-electron chi connectivity index (χ0n) is 11.8. The second-order valence-electron chi connectivity index (χ2n) is 5.68. The molecule has 1 fully saturated rings. The van der Waals surface area contributed by atoms with Crippen LogP contribution < -0.4 is 10.6 Å². The number of nitrogens with one attached hydrogen (secondary N) is 2. The van der Waals surface area contributed by atoms with Gasteiger partial charge in [0.1, 0.15) is 0 Å². The Morgan fingerprint density at radius 1 is 1.35 bits per heavy atom. The van der Waals surface area contributed by atoms with Crippen LogP contribution in [-0.4, -0.2) is 32.2 Å². The molecular weight excluding hydrogens is 252 g/mol. The minimum absolute atomic E-state index is 0.00612. The van der Waals surface area contributed by atoms with Crippen LogP contribution in [0.15, 0.2) is 18.2 Å². The number of hydrogen-bond donors (Lipinski definition) is 2. The Kier molecular flexibility index (Phi) is 4.33. The first-order valence-electron chi connectivity index (χ1n) is 7.51. The fourth-order valence-corrected chi connectivity index (χ4v) is 2.50. The molecule has 1 aliphatic heterocycles. The summed E-state index contributed by atoms with van der Waals surface area (Å²) in [4.78, 5) is 12.1. The van der Waals surface area contributed by atoms with Crippen molar-refractivity contribution in [2.75, 3.05) is 26.3 Å². The minimum Gasteiger partial charge on any atom is -0.379 e. The highest BCUT2D eigenvalue weighted by atomic mass is 16.5. The molecule has 0 aromatic heterocycles. The number of carbonyl (C=O) groups excluding carboxylic acids is 1. The molecular formula is C16H22N2O2. The lowest BCUT2D eigenvalue weighted by molar-refractivity contribution is 0.0906. The van der Waals surface area contributed by atoms with Crippen LogP contribution in [0.3, 0.4) is 0 Å². The van der Waals surface area contributed by atoms with Gasteiger partial charge in [-0.15, -0.1) is 0 Å². The predicted molar refractivity (Wildman–Crippen MR) is 77.7 cm³/mol. The van der Waals surface area contributed by atoms with Crippen molar-refractivity contribution >= 4 is 5.91 Å². The standard InChI is InChI=1S/C16H22N2O2/c19-16(18-7-8-20-11-12-1-2-12)14-4-3-13-5-6-17-10-15(13)9-14/h3-4,9,12,17H,1-2,5-8,10-11H2,(H,18,19). The summed E-state index contributed by atoms with van der Waals surface area (Å²) in [6.45, 7) is 3.92. The van der Waals surface area contributed by atoms with Gasteiger partial charge >= 0.3 is 0 Å². The van der Waals surface area contributed by atoms with Crippen LogP contribution in [0.2, 0.25) is 0 Å². The lowest BCUT2D eigenvalue weighted by atomic mass is 9.98. The van der Waals surface area contributed by atoms with Gasteiger partial charge in [0.05, 0.1) is 6.61 Å². The van der Waals surface area contributed by atoms with Gasteiger partial charge in [0, 0.05) is 25.3 Å². The zero-order chi connectivity index (χ0) is 13.8. The summed E-state index contributed by atoms with van der Waals surface area (Å²) in [6.07, 6.45) is 3.65. The maximum absolute atomic E-state index is 12.1. The summed E-state index contributed by atoms with van der Waals surface area (Å²) in [6, 6.07) is 6.00. The number of amides is 1. The molecule has 0 atom stereocenters. The van der Waals surface area contributed by atoms with Crippen molar-refractivity contribution in [1.82, 2.24) is 10.6 Å². The fraction of sp³-hybridized carbons (Fsp3) is 0.562. The second kappa shape index (κ2) is 6.37. The average Bonchev–Trinajstić information content (AvgIpc) is 3.30. The van der Waals surface area contributed by atoms with Crippen LogP contribution in [0.4, 0.5) is 0 Å². The van der Waals surface area contributed by atoms with Crippen molar-refractivity contribution in [3.05, 3.63) is 34.9 Å². The molecule has 0 radical (unpaired) electrons. The quantitative estimate of drug-likeness (QED) is 0.773. The average molecular weight is 274 g/mol.